The third kappa shape index (κ3) is 3.86. The number of carbonyl (C=O) groups excluding carboxylic acids is 1. The first kappa shape index (κ1) is 20.2. The van der Waals surface area contributed by atoms with Crippen LogP contribution in [0, 0.1) is 0 Å². The van der Waals surface area contributed by atoms with Gasteiger partial charge in [-0.2, -0.15) is 4.31 Å². The van der Waals surface area contributed by atoms with Gasteiger partial charge in [-0.15, -0.1) is 0 Å². The van der Waals surface area contributed by atoms with Crippen LogP contribution in [0.25, 0.3) is 0 Å². The molecule has 2 aliphatic heterocycles. The number of sulfonamides is 1. The smallest absolute Gasteiger partial charge is 0.243 e. The lowest BCUT2D eigenvalue weighted by Gasteiger charge is -2.36. The molecule has 0 spiro atoms. The van der Waals surface area contributed by atoms with Crippen molar-refractivity contribution < 1.29 is 13.2 Å². The average molecular weight is 434 g/mol. The summed E-state index contributed by atoms with van der Waals surface area (Å²) in [4.78, 5) is 16.0. The van der Waals surface area contributed by atoms with E-state index in [1.165, 1.54) is 11.2 Å². The van der Waals surface area contributed by atoms with Crippen LogP contribution in [-0.2, 0) is 21.2 Å². The first-order chi connectivity index (χ1) is 13.9. The van der Waals surface area contributed by atoms with Crippen molar-refractivity contribution >= 4 is 38.9 Å². The number of fused-ring (bicyclic) bond motifs is 1. The van der Waals surface area contributed by atoms with Gasteiger partial charge in [0, 0.05) is 45.3 Å². The lowest BCUT2D eigenvalue weighted by atomic mass is 10.0. The molecule has 0 aliphatic carbocycles. The van der Waals surface area contributed by atoms with Crippen molar-refractivity contribution in [3.63, 3.8) is 0 Å². The largest absolute Gasteiger partial charge is 0.368 e. The van der Waals surface area contributed by atoms with Gasteiger partial charge in [0.2, 0.25) is 15.9 Å². The Kier molecular flexibility index (Phi) is 5.55. The number of piperazine rings is 1. The van der Waals surface area contributed by atoms with Crippen molar-refractivity contribution in [3.8, 4) is 0 Å². The Morgan fingerprint density at radius 3 is 2.38 bits per heavy atom. The number of para-hydroxylation sites is 1. The number of aryl methyl sites for hydroxylation is 1. The summed E-state index contributed by atoms with van der Waals surface area (Å²) in [6.45, 7) is 4.21. The second-order valence-corrected chi connectivity index (χ2v) is 9.75. The molecular formula is C21H24ClN3O3S. The maximum atomic E-state index is 13.2. The van der Waals surface area contributed by atoms with E-state index in [1.807, 2.05) is 24.3 Å². The highest BCUT2D eigenvalue weighted by Crippen LogP contribution is 2.31. The van der Waals surface area contributed by atoms with E-state index in [0.717, 1.165) is 29.8 Å². The van der Waals surface area contributed by atoms with Gasteiger partial charge >= 0.3 is 0 Å². The first-order valence-corrected chi connectivity index (χ1v) is 11.6. The highest BCUT2D eigenvalue weighted by atomic mass is 35.5. The summed E-state index contributed by atoms with van der Waals surface area (Å²) in [5.41, 5.74) is 2.68. The quantitative estimate of drug-likeness (QED) is 0.746. The van der Waals surface area contributed by atoms with Gasteiger partial charge in [0.1, 0.15) is 0 Å². The van der Waals surface area contributed by atoms with Crippen LogP contribution in [0.2, 0.25) is 5.02 Å². The number of rotatable bonds is 3. The normalized spacial score (nSPS) is 17.9. The number of anilines is 2. The van der Waals surface area contributed by atoms with E-state index in [4.69, 9.17) is 11.6 Å². The summed E-state index contributed by atoms with van der Waals surface area (Å²) in [5.74, 6) is -0.0164. The monoisotopic (exact) mass is 433 g/mol. The SMILES string of the molecule is CC(=O)N1CCCc2cc(S(=O)(=O)N3CCN(c4ccccc4Cl)CC3)ccc21. The molecule has 0 bridgehead atoms. The summed E-state index contributed by atoms with van der Waals surface area (Å²) >= 11 is 6.28. The number of hydrogen-bond donors (Lipinski definition) is 0. The van der Waals surface area contributed by atoms with Crippen molar-refractivity contribution in [2.75, 3.05) is 42.5 Å². The molecule has 0 N–H and O–H groups in total. The molecule has 2 aliphatic rings. The minimum atomic E-state index is -3.58. The Bertz CT molecular complexity index is 1030. The molecule has 2 heterocycles. The minimum Gasteiger partial charge on any atom is -0.368 e. The predicted octanol–water partition coefficient (Wildman–Crippen LogP) is 3.15. The molecule has 0 aromatic heterocycles. The van der Waals surface area contributed by atoms with Gasteiger partial charge < -0.3 is 9.80 Å². The molecule has 0 radical (unpaired) electrons. The molecule has 2 aromatic rings. The third-order valence-corrected chi connectivity index (χ3v) is 7.83. The van der Waals surface area contributed by atoms with Crippen molar-refractivity contribution in [2.45, 2.75) is 24.7 Å². The lowest BCUT2D eigenvalue weighted by molar-refractivity contribution is -0.116. The van der Waals surface area contributed by atoms with Crippen LogP contribution in [0.3, 0.4) is 0 Å². The summed E-state index contributed by atoms with van der Waals surface area (Å²) in [7, 11) is -3.58. The van der Waals surface area contributed by atoms with Gasteiger partial charge in [0.15, 0.2) is 0 Å². The molecule has 8 heteroatoms. The Morgan fingerprint density at radius 2 is 1.69 bits per heavy atom. The topological polar surface area (TPSA) is 60.9 Å². The molecule has 154 valence electrons. The highest BCUT2D eigenvalue weighted by molar-refractivity contribution is 7.89. The summed E-state index contributed by atoms with van der Waals surface area (Å²) < 4.78 is 27.9. The van der Waals surface area contributed by atoms with Crippen molar-refractivity contribution in [3.05, 3.63) is 53.1 Å². The molecule has 4 rings (SSSR count). The Labute approximate surface area is 176 Å². The van der Waals surface area contributed by atoms with Crippen molar-refractivity contribution in [1.82, 2.24) is 4.31 Å². The predicted molar refractivity (Wildman–Crippen MR) is 115 cm³/mol. The zero-order valence-corrected chi connectivity index (χ0v) is 17.9. The maximum absolute atomic E-state index is 13.2. The number of halogens is 1. The fraction of sp³-hybridized carbons (Fsp3) is 0.381. The number of amides is 1. The van der Waals surface area contributed by atoms with Crippen LogP contribution in [0.4, 0.5) is 11.4 Å². The van der Waals surface area contributed by atoms with Gasteiger partial charge in [-0.3, -0.25) is 4.79 Å². The van der Waals surface area contributed by atoms with E-state index in [2.05, 4.69) is 4.90 Å². The number of nitrogens with zero attached hydrogens (tertiary/aromatic N) is 3. The minimum absolute atomic E-state index is 0.0164. The van der Waals surface area contributed by atoms with Crippen LogP contribution in [-0.4, -0.2) is 51.4 Å². The second kappa shape index (κ2) is 7.97. The van der Waals surface area contributed by atoms with E-state index in [-0.39, 0.29) is 5.91 Å². The van der Waals surface area contributed by atoms with Crippen LogP contribution in [0.5, 0.6) is 0 Å². The standard InChI is InChI=1S/C21H24ClN3O3S/c1-16(26)25-10-4-5-17-15-18(8-9-20(17)25)29(27,28)24-13-11-23(12-14-24)21-7-3-2-6-19(21)22/h2-3,6-9,15H,4-5,10-14H2,1H3. The molecule has 0 saturated carbocycles. The van der Waals surface area contributed by atoms with Crippen molar-refractivity contribution in [1.29, 1.82) is 0 Å². The van der Waals surface area contributed by atoms with Crippen molar-refractivity contribution in [2.24, 2.45) is 0 Å². The van der Waals surface area contributed by atoms with Gasteiger partial charge in [0.25, 0.3) is 0 Å². The molecule has 0 atom stereocenters. The van der Waals surface area contributed by atoms with Gasteiger partial charge in [0.05, 0.1) is 15.6 Å². The van der Waals surface area contributed by atoms with E-state index in [0.29, 0.717) is 42.6 Å². The third-order valence-electron chi connectivity index (χ3n) is 5.62. The van der Waals surface area contributed by atoms with E-state index in [9.17, 15) is 13.2 Å². The van der Waals surface area contributed by atoms with Crippen LogP contribution < -0.4 is 9.80 Å². The van der Waals surface area contributed by atoms with Gasteiger partial charge in [-0.25, -0.2) is 8.42 Å². The summed E-state index contributed by atoms with van der Waals surface area (Å²) in [5, 5.41) is 0.675. The zero-order chi connectivity index (χ0) is 20.6. The summed E-state index contributed by atoms with van der Waals surface area (Å²) in [6.07, 6.45) is 1.62. The molecular weight excluding hydrogens is 410 g/mol. The number of carbonyl (C=O) groups is 1. The molecule has 1 amide bonds. The Hall–Kier alpha value is -2.09. The molecule has 6 nitrogen and oxygen atoms in total. The maximum Gasteiger partial charge on any atom is 0.243 e. The zero-order valence-electron chi connectivity index (χ0n) is 16.3. The van der Waals surface area contributed by atoms with E-state index in [1.54, 1.807) is 23.1 Å². The van der Waals surface area contributed by atoms with Crippen LogP contribution >= 0.6 is 11.6 Å². The van der Waals surface area contributed by atoms with Crippen LogP contribution in [0.15, 0.2) is 47.4 Å². The lowest BCUT2D eigenvalue weighted by Crippen LogP contribution is -2.48. The fourth-order valence-corrected chi connectivity index (χ4v) is 5.82. The fourth-order valence-electron chi connectivity index (χ4n) is 4.09. The number of hydrogen-bond acceptors (Lipinski definition) is 4. The molecule has 1 fully saturated rings. The average Bonchev–Trinajstić information content (AvgIpc) is 2.73. The summed E-state index contributed by atoms with van der Waals surface area (Å²) in [6, 6.07) is 12.7. The molecule has 29 heavy (non-hydrogen) atoms. The Morgan fingerprint density at radius 1 is 0.966 bits per heavy atom. The molecule has 2 aromatic carbocycles. The van der Waals surface area contributed by atoms with Gasteiger partial charge in [-0.05, 0) is 48.7 Å². The Balaban J connectivity index is 1.53. The number of benzene rings is 2. The van der Waals surface area contributed by atoms with E-state index < -0.39 is 10.0 Å². The first-order valence-electron chi connectivity index (χ1n) is 9.78. The van der Waals surface area contributed by atoms with Crippen LogP contribution in [0.1, 0.15) is 18.9 Å². The highest BCUT2D eigenvalue weighted by Gasteiger charge is 2.30. The molecule has 0 unspecified atom stereocenters. The molecule has 1 saturated heterocycles. The van der Waals surface area contributed by atoms with Gasteiger partial charge in [-0.1, -0.05) is 23.7 Å². The van der Waals surface area contributed by atoms with E-state index >= 15 is 0 Å². The second-order valence-electron chi connectivity index (χ2n) is 7.41.